The first-order valence-electron chi connectivity index (χ1n) is 14.3. The number of benzene rings is 2. The highest BCUT2D eigenvalue weighted by Gasteiger charge is 2.41. The molecule has 0 bridgehead atoms. The van der Waals surface area contributed by atoms with Gasteiger partial charge in [-0.2, -0.15) is 0 Å². The number of hydrogen-bond acceptors (Lipinski definition) is 7. The number of nitrogens with zero attached hydrogens (tertiary/aromatic N) is 4. The lowest BCUT2D eigenvalue weighted by Gasteiger charge is -2.41. The van der Waals surface area contributed by atoms with Crippen LogP contribution in [-0.2, 0) is 25.3 Å². The summed E-state index contributed by atoms with van der Waals surface area (Å²) >= 11 is 13.6. The Balaban J connectivity index is 1.35. The van der Waals surface area contributed by atoms with Crippen LogP contribution in [0.4, 0.5) is 10.1 Å². The van der Waals surface area contributed by atoms with Crippen LogP contribution < -0.4 is 21.3 Å². The number of halogens is 3. The predicted octanol–water partition coefficient (Wildman–Crippen LogP) is 4.52. The van der Waals surface area contributed by atoms with E-state index in [1.54, 1.807) is 12.1 Å². The van der Waals surface area contributed by atoms with Crippen molar-refractivity contribution in [1.82, 2.24) is 19.0 Å². The number of ether oxygens (including phenoxy) is 1. The van der Waals surface area contributed by atoms with Gasteiger partial charge < -0.3 is 19.7 Å². The van der Waals surface area contributed by atoms with Crippen LogP contribution in [-0.4, -0.2) is 56.2 Å². The van der Waals surface area contributed by atoms with Crippen molar-refractivity contribution in [2.45, 2.75) is 18.9 Å². The number of aromatic nitrogens is 3. The number of carboxylic acids is 1. The van der Waals surface area contributed by atoms with Crippen molar-refractivity contribution in [3.8, 4) is 28.3 Å². The lowest BCUT2D eigenvalue weighted by Crippen LogP contribution is -2.51. The fourth-order valence-electron chi connectivity index (χ4n) is 6.14. The van der Waals surface area contributed by atoms with Gasteiger partial charge in [-0.05, 0) is 42.7 Å². The van der Waals surface area contributed by atoms with Crippen molar-refractivity contribution in [2.75, 3.05) is 25.5 Å². The molecule has 1 atom stereocenters. The summed E-state index contributed by atoms with van der Waals surface area (Å²) in [7, 11) is 4.19. The number of amides is 1. The van der Waals surface area contributed by atoms with E-state index < -0.39 is 34.9 Å². The number of nitrogens with one attached hydrogen (secondary N) is 1. The summed E-state index contributed by atoms with van der Waals surface area (Å²) in [4.78, 5) is 55.9. The molecule has 2 aromatic heterocycles. The number of hydrogen-bond donors (Lipinski definition) is 2. The zero-order chi connectivity index (χ0) is 33.0. The molecule has 46 heavy (non-hydrogen) atoms. The fraction of sp³-hybridized carbons (Fsp3) is 0.281. The second kappa shape index (κ2) is 12.0. The first-order chi connectivity index (χ1) is 21.9. The molecule has 0 radical (unpaired) electrons. The largest absolute Gasteiger partial charge is 0.481 e. The normalized spacial score (nSPS) is 16.2. The SMILES string of the molecule is COc1nc(-c2ccc(F)c(-c3cccc(NC(=O)c4cn(C)c(=O)n(C)c4=O)c3Cl)c2Cl)cc2c1[C@@H](N1CC(C(=O)O)C1)CC2. The maximum absolute atomic E-state index is 15.5. The zero-order valence-electron chi connectivity index (χ0n) is 24.9. The van der Waals surface area contributed by atoms with E-state index in [0.717, 1.165) is 39.3 Å². The topological polar surface area (TPSA) is 136 Å². The summed E-state index contributed by atoms with van der Waals surface area (Å²) in [6.07, 6.45) is 2.64. The lowest BCUT2D eigenvalue weighted by atomic mass is 9.95. The second-order valence-electron chi connectivity index (χ2n) is 11.3. The maximum Gasteiger partial charge on any atom is 0.330 e. The Hall–Kier alpha value is -4.52. The summed E-state index contributed by atoms with van der Waals surface area (Å²) in [5.41, 5.74) is 1.39. The average Bonchev–Trinajstić information content (AvgIpc) is 3.41. The van der Waals surface area contributed by atoms with Crippen molar-refractivity contribution in [1.29, 1.82) is 0 Å². The third-order valence-corrected chi connectivity index (χ3v) is 9.40. The van der Waals surface area contributed by atoms with Gasteiger partial charge in [0.05, 0.1) is 34.5 Å². The molecule has 6 rings (SSSR count). The first kappa shape index (κ1) is 31.5. The molecule has 11 nitrogen and oxygen atoms in total. The van der Waals surface area contributed by atoms with Gasteiger partial charge in [0.1, 0.15) is 11.4 Å². The van der Waals surface area contributed by atoms with Gasteiger partial charge in [-0.25, -0.2) is 14.2 Å². The molecule has 238 valence electrons. The van der Waals surface area contributed by atoms with E-state index in [0.29, 0.717) is 30.2 Å². The summed E-state index contributed by atoms with van der Waals surface area (Å²) in [6, 6.07) is 9.24. The highest BCUT2D eigenvalue weighted by atomic mass is 35.5. The molecule has 1 fully saturated rings. The zero-order valence-corrected chi connectivity index (χ0v) is 26.4. The van der Waals surface area contributed by atoms with Crippen molar-refractivity contribution < 1.29 is 23.8 Å². The van der Waals surface area contributed by atoms with Crippen LogP contribution >= 0.6 is 23.2 Å². The number of methoxy groups -OCH3 is 1. The van der Waals surface area contributed by atoms with Crippen LogP contribution in [0.1, 0.15) is 33.9 Å². The first-order valence-corrected chi connectivity index (χ1v) is 15.1. The summed E-state index contributed by atoms with van der Waals surface area (Å²) in [5.74, 6) is -2.27. The van der Waals surface area contributed by atoms with Gasteiger partial charge >= 0.3 is 11.7 Å². The molecule has 4 aromatic rings. The second-order valence-corrected chi connectivity index (χ2v) is 12.1. The maximum atomic E-state index is 15.5. The van der Waals surface area contributed by atoms with E-state index in [2.05, 4.69) is 10.2 Å². The Morgan fingerprint density at radius 1 is 1.09 bits per heavy atom. The van der Waals surface area contributed by atoms with E-state index in [9.17, 15) is 24.3 Å². The van der Waals surface area contributed by atoms with Gasteiger partial charge in [0.15, 0.2) is 0 Å². The number of carbonyl (C=O) groups is 2. The average molecular weight is 669 g/mol. The molecule has 0 saturated carbocycles. The van der Waals surface area contributed by atoms with Crippen LogP contribution in [0.15, 0.2) is 52.2 Å². The molecule has 1 aliphatic carbocycles. The number of rotatable bonds is 7. The smallest absolute Gasteiger partial charge is 0.330 e. The van der Waals surface area contributed by atoms with Crippen molar-refractivity contribution in [2.24, 2.45) is 20.0 Å². The van der Waals surface area contributed by atoms with Gasteiger partial charge in [0.25, 0.3) is 11.5 Å². The molecule has 0 spiro atoms. The van der Waals surface area contributed by atoms with Gasteiger partial charge in [-0.1, -0.05) is 35.3 Å². The van der Waals surface area contributed by atoms with Crippen molar-refractivity contribution in [3.63, 3.8) is 0 Å². The minimum atomic E-state index is -0.806. The van der Waals surface area contributed by atoms with Crippen LogP contribution in [0.3, 0.4) is 0 Å². The van der Waals surface area contributed by atoms with Gasteiger partial charge in [0.2, 0.25) is 5.88 Å². The van der Waals surface area contributed by atoms with Crippen LogP contribution in [0, 0.1) is 11.7 Å². The molecular weight excluding hydrogens is 640 g/mol. The summed E-state index contributed by atoms with van der Waals surface area (Å²) in [6.45, 7) is 0.916. The number of aliphatic carboxylic acids is 1. The number of anilines is 1. The van der Waals surface area contributed by atoms with E-state index in [-0.39, 0.29) is 38.5 Å². The molecule has 3 heterocycles. The number of aryl methyl sites for hydroxylation is 2. The number of carbonyl (C=O) groups excluding carboxylic acids is 1. The monoisotopic (exact) mass is 667 g/mol. The minimum absolute atomic E-state index is 0.0148. The molecule has 1 amide bonds. The highest BCUT2D eigenvalue weighted by molar-refractivity contribution is 6.39. The van der Waals surface area contributed by atoms with Crippen molar-refractivity contribution >= 4 is 40.8 Å². The van der Waals surface area contributed by atoms with E-state index in [4.69, 9.17) is 32.9 Å². The van der Waals surface area contributed by atoms with Crippen LogP contribution in [0.5, 0.6) is 5.88 Å². The van der Waals surface area contributed by atoms with Gasteiger partial charge in [-0.15, -0.1) is 0 Å². The summed E-state index contributed by atoms with van der Waals surface area (Å²) < 4.78 is 23.1. The van der Waals surface area contributed by atoms with Gasteiger partial charge in [-0.3, -0.25) is 23.9 Å². The molecule has 2 aliphatic rings. The fourth-order valence-corrected chi connectivity index (χ4v) is 6.76. The Kier molecular flexibility index (Phi) is 8.21. The quantitative estimate of drug-likeness (QED) is 0.294. The van der Waals surface area contributed by atoms with Crippen LogP contribution in [0.2, 0.25) is 10.0 Å². The Morgan fingerprint density at radius 2 is 1.83 bits per heavy atom. The molecular formula is C32H28Cl2FN5O6. The van der Waals surface area contributed by atoms with Crippen molar-refractivity contribution in [3.05, 3.63) is 96.0 Å². The van der Waals surface area contributed by atoms with E-state index in [1.807, 2.05) is 6.07 Å². The number of pyridine rings is 1. The minimum Gasteiger partial charge on any atom is -0.481 e. The van der Waals surface area contributed by atoms with E-state index >= 15 is 4.39 Å². The number of carboxylic acid groups (broad SMARTS) is 1. The molecule has 2 aromatic carbocycles. The molecule has 1 aliphatic heterocycles. The number of likely N-dealkylation sites (tertiary alicyclic amines) is 1. The Labute approximate surface area is 271 Å². The molecule has 14 heteroatoms. The predicted molar refractivity (Wildman–Crippen MR) is 170 cm³/mol. The third kappa shape index (κ3) is 5.25. The van der Waals surface area contributed by atoms with Gasteiger partial charge in [0, 0.05) is 61.7 Å². The third-order valence-electron chi connectivity index (χ3n) is 8.60. The number of fused-ring (bicyclic) bond motifs is 1. The molecule has 2 N–H and O–H groups in total. The van der Waals surface area contributed by atoms with Crippen LogP contribution in [0.25, 0.3) is 22.4 Å². The summed E-state index contributed by atoms with van der Waals surface area (Å²) in [5, 5.41) is 11.9. The molecule has 1 saturated heterocycles. The molecule has 0 unspecified atom stereocenters. The van der Waals surface area contributed by atoms with E-state index in [1.165, 1.54) is 39.4 Å². The standard InChI is InChI=1S/C32H28Cl2FN5O6/c1-38-14-19(30(42)39(2)32(38)45)28(41)36-21-6-4-5-18(26(21)33)25-20(35)9-8-17(27(25)34)22-11-15-7-10-23(24(15)29(37-22)46-3)40-12-16(13-40)31(43)44/h4-6,8-9,11,14,16,23H,7,10,12-13H2,1-3H3,(H,36,41)(H,43,44)/t23-/m0/s1. The lowest BCUT2D eigenvalue weighted by molar-refractivity contribution is -0.148. The Bertz CT molecular complexity index is 2060. The highest BCUT2D eigenvalue weighted by Crippen LogP contribution is 2.47. The Morgan fingerprint density at radius 3 is 2.52 bits per heavy atom.